The second kappa shape index (κ2) is 7.74. The van der Waals surface area contributed by atoms with E-state index < -0.39 is 0 Å². The summed E-state index contributed by atoms with van der Waals surface area (Å²) >= 11 is 0. The number of benzene rings is 2. The fraction of sp³-hybridized carbons (Fsp3) is 0.150. The molecule has 0 aliphatic heterocycles. The summed E-state index contributed by atoms with van der Waals surface area (Å²) in [4.78, 5) is 11.7. The molecule has 0 spiro atoms. The molecule has 5 nitrogen and oxygen atoms in total. The maximum Gasteiger partial charge on any atom is 0.238 e. The molecule has 0 fully saturated rings. The van der Waals surface area contributed by atoms with Crippen molar-refractivity contribution in [3.63, 3.8) is 0 Å². The van der Waals surface area contributed by atoms with E-state index in [1.54, 1.807) is 48.5 Å². The highest BCUT2D eigenvalue weighted by Gasteiger charge is 2.07. The van der Waals surface area contributed by atoms with E-state index in [4.69, 9.17) is 4.74 Å². The van der Waals surface area contributed by atoms with E-state index in [1.165, 1.54) is 12.1 Å². The standard InChI is InChI=1S/C20H18FN3O2/c1-13(2)20(25)22-16-7-9-17(10-8-16)26-19-12-11-18(23-24-19)14-3-5-15(21)6-4-14/h3-13H,1-2H3,(H,22,25). The minimum absolute atomic E-state index is 0.0408. The number of amides is 1. The highest BCUT2D eigenvalue weighted by molar-refractivity contribution is 5.92. The van der Waals surface area contributed by atoms with Crippen LogP contribution in [0.25, 0.3) is 11.3 Å². The quantitative estimate of drug-likeness (QED) is 0.725. The second-order valence-corrected chi connectivity index (χ2v) is 6.03. The molecule has 0 saturated carbocycles. The Labute approximate surface area is 150 Å². The molecule has 3 aromatic rings. The van der Waals surface area contributed by atoms with Crippen LogP contribution in [0.2, 0.25) is 0 Å². The van der Waals surface area contributed by atoms with Gasteiger partial charge in [0.15, 0.2) is 0 Å². The van der Waals surface area contributed by atoms with Gasteiger partial charge in [0.1, 0.15) is 11.6 Å². The Kier molecular flexibility index (Phi) is 5.22. The molecular formula is C20H18FN3O2. The molecule has 0 aliphatic rings. The molecule has 1 aromatic heterocycles. The van der Waals surface area contributed by atoms with E-state index in [-0.39, 0.29) is 17.6 Å². The minimum atomic E-state index is -0.297. The van der Waals surface area contributed by atoms with Gasteiger partial charge in [-0.3, -0.25) is 4.79 Å². The van der Waals surface area contributed by atoms with E-state index >= 15 is 0 Å². The van der Waals surface area contributed by atoms with Gasteiger partial charge in [0.25, 0.3) is 0 Å². The number of nitrogens with zero attached hydrogens (tertiary/aromatic N) is 2. The fourth-order valence-corrected chi connectivity index (χ4v) is 2.16. The van der Waals surface area contributed by atoms with Crippen LogP contribution in [0.5, 0.6) is 11.6 Å². The predicted octanol–water partition coefficient (Wildman–Crippen LogP) is 4.67. The Morgan fingerprint density at radius 2 is 1.65 bits per heavy atom. The zero-order valence-corrected chi connectivity index (χ0v) is 14.4. The van der Waals surface area contributed by atoms with Crippen LogP contribution in [-0.4, -0.2) is 16.1 Å². The van der Waals surface area contributed by atoms with Gasteiger partial charge in [-0.1, -0.05) is 13.8 Å². The van der Waals surface area contributed by atoms with Gasteiger partial charge in [-0.15, -0.1) is 10.2 Å². The van der Waals surface area contributed by atoms with E-state index in [2.05, 4.69) is 15.5 Å². The highest BCUT2D eigenvalue weighted by atomic mass is 19.1. The monoisotopic (exact) mass is 351 g/mol. The summed E-state index contributed by atoms with van der Waals surface area (Å²) in [5.41, 5.74) is 2.11. The smallest absolute Gasteiger partial charge is 0.238 e. The largest absolute Gasteiger partial charge is 0.438 e. The van der Waals surface area contributed by atoms with E-state index in [0.29, 0.717) is 23.0 Å². The number of hydrogen-bond donors (Lipinski definition) is 1. The molecule has 3 rings (SSSR count). The van der Waals surface area contributed by atoms with Gasteiger partial charge in [0.05, 0.1) is 5.69 Å². The van der Waals surface area contributed by atoms with Gasteiger partial charge in [0, 0.05) is 23.2 Å². The van der Waals surface area contributed by atoms with Crippen LogP contribution in [0, 0.1) is 11.7 Å². The molecule has 0 atom stereocenters. The number of nitrogens with one attached hydrogen (secondary N) is 1. The van der Waals surface area contributed by atoms with Crippen molar-refractivity contribution in [3.8, 4) is 22.9 Å². The Morgan fingerprint density at radius 1 is 0.962 bits per heavy atom. The minimum Gasteiger partial charge on any atom is -0.438 e. The third-order valence-electron chi connectivity index (χ3n) is 3.65. The molecule has 132 valence electrons. The summed E-state index contributed by atoms with van der Waals surface area (Å²) in [6.45, 7) is 3.67. The molecular weight excluding hydrogens is 333 g/mol. The first-order valence-electron chi connectivity index (χ1n) is 8.20. The highest BCUT2D eigenvalue weighted by Crippen LogP contribution is 2.23. The first-order chi connectivity index (χ1) is 12.5. The third kappa shape index (κ3) is 4.42. The lowest BCUT2D eigenvalue weighted by Gasteiger charge is -2.09. The topological polar surface area (TPSA) is 64.1 Å². The lowest BCUT2D eigenvalue weighted by atomic mass is 10.1. The van der Waals surface area contributed by atoms with E-state index in [0.717, 1.165) is 5.56 Å². The van der Waals surface area contributed by atoms with Crippen molar-refractivity contribution in [3.05, 3.63) is 66.5 Å². The Balaban J connectivity index is 1.65. The maximum absolute atomic E-state index is 13.0. The van der Waals surface area contributed by atoms with Crippen LogP contribution >= 0.6 is 0 Å². The van der Waals surface area contributed by atoms with Crippen LogP contribution < -0.4 is 10.1 Å². The number of carbonyl (C=O) groups excluding carboxylic acids is 1. The van der Waals surface area contributed by atoms with E-state index in [9.17, 15) is 9.18 Å². The van der Waals surface area contributed by atoms with Crippen molar-refractivity contribution < 1.29 is 13.9 Å². The van der Waals surface area contributed by atoms with E-state index in [1.807, 2.05) is 13.8 Å². The molecule has 6 heteroatoms. The molecule has 26 heavy (non-hydrogen) atoms. The lowest BCUT2D eigenvalue weighted by molar-refractivity contribution is -0.118. The van der Waals surface area contributed by atoms with Gasteiger partial charge in [-0.25, -0.2) is 4.39 Å². The number of aromatic nitrogens is 2. The van der Waals surface area contributed by atoms with Gasteiger partial charge >= 0.3 is 0 Å². The summed E-state index contributed by atoms with van der Waals surface area (Å²) < 4.78 is 18.6. The average molecular weight is 351 g/mol. The molecule has 1 heterocycles. The van der Waals surface area contributed by atoms with Gasteiger partial charge in [-0.05, 0) is 54.6 Å². The molecule has 0 saturated heterocycles. The third-order valence-corrected chi connectivity index (χ3v) is 3.65. The van der Waals surface area contributed by atoms with Crippen LogP contribution in [0.15, 0.2) is 60.7 Å². The van der Waals surface area contributed by atoms with Crippen LogP contribution in [0.1, 0.15) is 13.8 Å². The Bertz CT molecular complexity index is 876. The van der Waals surface area contributed by atoms with Crippen LogP contribution in [-0.2, 0) is 4.79 Å². The zero-order valence-electron chi connectivity index (χ0n) is 14.4. The van der Waals surface area contributed by atoms with Crippen molar-refractivity contribution in [1.29, 1.82) is 0 Å². The van der Waals surface area contributed by atoms with Crippen molar-refractivity contribution in [2.24, 2.45) is 5.92 Å². The molecule has 0 unspecified atom stereocenters. The summed E-state index contributed by atoms with van der Waals surface area (Å²) in [7, 11) is 0. The summed E-state index contributed by atoms with van der Waals surface area (Å²) in [5.74, 6) is 0.502. The number of carbonyl (C=O) groups is 1. The summed E-state index contributed by atoms with van der Waals surface area (Å²) in [6.07, 6.45) is 0. The Hall–Kier alpha value is -3.28. The van der Waals surface area contributed by atoms with Crippen molar-refractivity contribution in [2.75, 3.05) is 5.32 Å². The summed E-state index contributed by atoms with van der Waals surface area (Å²) in [6, 6.07) is 16.5. The number of anilines is 1. The Morgan fingerprint density at radius 3 is 2.23 bits per heavy atom. The fourth-order valence-electron chi connectivity index (χ4n) is 2.16. The average Bonchev–Trinajstić information content (AvgIpc) is 2.64. The first-order valence-corrected chi connectivity index (χ1v) is 8.20. The second-order valence-electron chi connectivity index (χ2n) is 6.03. The molecule has 0 bridgehead atoms. The zero-order chi connectivity index (χ0) is 18.5. The van der Waals surface area contributed by atoms with Crippen LogP contribution in [0.3, 0.4) is 0 Å². The maximum atomic E-state index is 13.0. The van der Waals surface area contributed by atoms with Gasteiger partial charge in [0.2, 0.25) is 11.8 Å². The van der Waals surface area contributed by atoms with Crippen molar-refractivity contribution in [1.82, 2.24) is 10.2 Å². The number of ether oxygens (including phenoxy) is 1. The summed E-state index contributed by atoms with van der Waals surface area (Å²) in [5, 5.41) is 10.9. The molecule has 0 aliphatic carbocycles. The SMILES string of the molecule is CC(C)C(=O)Nc1ccc(Oc2ccc(-c3ccc(F)cc3)nn2)cc1. The van der Waals surface area contributed by atoms with Crippen molar-refractivity contribution >= 4 is 11.6 Å². The molecule has 2 aromatic carbocycles. The molecule has 1 N–H and O–H groups in total. The normalized spacial score (nSPS) is 10.6. The number of rotatable bonds is 5. The van der Waals surface area contributed by atoms with Gasteiger partial charge in [-0.2, -0.15) is 0 Å². The first kappa shape index (κ1) is 17.5. The molecule has 0 radical (unpaired) electrons. The number of hydrogen-bond acceptors (Lipinski definition) is 4. The predicted molar refractivity (Wildman–Crippen MR) is 97.4 cm³/mol. The molecule has 1 amide bonds. The van der Waals surface area contributed by atoms with Crippen molar-refractivity contribution in [2.45, 2.75) is 13.8 Å². The lowest BCUT2D eigenvalue weighted by Crippen LogP contribution is -2.17. The van der Waals surface area contributed by atoms with Crippen LogP contribution in [0.4, 0.5) is 10.1 Å². The van der Waals surface area contributed by atoms with Gasteiger partial charge < -0.3 is 10.1 Å². The number of halogens is 1.